The normalized spacial score (nSPS) is 11.0. The first-order valence-electron chi connectivity index (χ1n) is 7.33. The van der Waals surface area contributed by atoms with E-state index in [1.54, 1.807) is 30.3 Å². The summed E-state index contributed by atoms with van der Waals surface area (Å²) in [6.45, 7) is 0. The van der Waals surface area contributed by atoms with E-state index in [4.69, 9.17) is 16.1 Å². The smallest absolute Gasteiger partial charge is 0.245 e. The molecule has 0 bridgehead atoms. The number of hydrazone groups is 1. The van der Waals surface area contributed by atoms with Crippen LogP contribution in [-0.2, 0) is 0 Å². The maximum atomic E-state index is 13.0. The summed E-state index contributed by atoms with van der Waals surface area (Å²) in [5.41, 5.74) is 3.17. The molecule has 3 rings (SSSR count). The van der Waals surface area contributed by atoms with E-state index >= 15 is 0 Å². The zero-order chi connectivity index (χ0) is 18.5. The molecule has 1 N–H and O–H groups in total. The van der Waals surface area contributed by atoms with E-state index in [9.17, 15) is 14.4 Å². The van der Waals surface area contributed by atoms with Gasteiger partial charge in [-0.3, -0.25) is 10.2 Å². The van der Waals surface area contributed by atoms with Crippen molar-refractivity contribution in [3.05, 3.63) is 71.1 Å². The Hall–Kier alpha value is -3.50. The van der Waals surface area contributed by atoms with Crippen molar-refractivity contribution in [2.45, 2.75) is 0 Å². The fourth-order valence-corrected chi connectivity index (χ4v) is 2.25. The molecule has 1 heterocycles. The van der Waals surface area contributed by atoms with E-state index in [2.05, 4.69) is 15.7 Å². The van der Waals surface area contributed by atoms with Crippen LogP contribution < -0.4 is 5.43 Å². The maximum Gasteiger partial charge on any atom is 0.245 e. The number of carbonyl (C=O) groups is 1. The molecule has 0 aliphatic rings. The largest absolute Gasteiger partial charge is 0.356 e. The number of nitriles is 1. The number of nitrogens with zero attached hydrogens (tertiary/aromatic N) is 3. The molecule has 0 amide bonds. The first-order valence-corrected chi connectivity index (χ1v) is 7.71. The fourth-order valence-electron chi connectivity index (χ4n) is 2.06. The molecule has 6 nitrogen and oxygen atoms in total. The lowest BCUT2D eigenvalue weighted by Crippen LogP contribution is -2.14. The average Bonchev–Trinajstić information content (AvgIpc) is 3.13. The number of rotatable bonds is 5. The van der Waals surface area contributed by atoms with Crippen LogP contribution in [-0.4, -0.2) is 16.7 Å². The van der Waals surface area contributed by atoms with Gasteiger partial charge in [0.25, 0.3) is 0 Å². The summed E-state index contributed by atoms with van der Waals surface area (Å²) in [6, 6.07) is 15.2. The van der Waals surface area contributed by atoms with Crippen LogP contribution in [0.5, 0.6) is 0 Å². The Morgan fingerprint density at radius 1 is 1.23 bits per heavy atom. The lowest BCUT2D eigenvalue weighted by molar-refractivity contribution is 0.105. The van der Waals surface area contributed by atoms with Gasteiger partial charge in [0.1, 0.15) is 11.9 Å². The number of hydrogen-bond acceptors (Lipinski definition) is 6. The second-order valence-corrected chi connectivity index (χ2v) is 5.54. The standard InChI is InChI=1S/C18H10ClFN4O2/c19-12-2-1-3-14(8-12)22-23-16(10-21)18(25)15-9-17(26-24-15)11-4-6-13(20)7-5-11/h1-9,22H/b23-16+. The molecule has 0 atom stereocenters. The highest BCUT2D eigenvalue weighted by atomic mass is 35.5. The fraction of sp³-hybridized carbons (Fsp3) is 0. The molecule has 0 aliphatic carbocycles. The molecule has 0 saturated heterocycles. The van der Waals surface area contributed by atoms with Gasteiger partial charge in [-0.1, -0.05) is 22.8 Å². The summed E-state index contributed by atoms with van der Waals surface area (Å²) in [7, 11) is 0. The van der Waals surface area contributed by atoms with Crippen LogP contribution in [0.4, 0.5) is 10.1 Å². The third-order valence-electron chi connectivity index (χ3n) is 3.31. The summed E-state index contributed by atoms with van der Waals surface area (Å²) in [5, 5.41) is 17.1. The predicted octanol–water partition coefficient (Wildman–Crippen LogP) is 4.31. The molecule has 2 aromatic carbocycles. The Morgan fingerprint density at radius 3 is 2.69 bits per heavy atom. The Labute approximate surface area is 152 Å². The van der Waals surface area contributed by atoms with Gasteiger partial charge in [-0.2, -0.15) is 10.4 Å². The number of hydrogen-bond donors (Lipinski definition) is 1. The molecule has 0 aliphatic heterocycles. The Kier molecular flexibility index (Phi) is 5.06. The summed E-state index contributed by atoms with van der Waals surface area (Å²) in [6.07, 6.45) is 0. The van der Waals surface area contributed by atoms with Crippen LogP contribution >= 0.6 is 11.6 Å². The van der Waals surface area contributed by atoms with Gasteiger partial charge >= 0.3 is 0 Å². The number of nitrogens with one attached hydrogen (secondary N) is 1. The SMILES string of the molecule is N#C/C(=N\Nc1cccc(Cl)c1)C(=O)c1cc(-c2ccc(F)cc2)on1. The third-order valence-corrected chi connectivity index (χ3v) is 3.55. The predicted molar refractivity (Wildman–Crippen MR) is 94.4 cm³/mol. The van der Waals surface area contributed by atoms with Gasteiger partial charge in [-0.15, -0.1) is 0 Å². The van der Waals surface area contributed by atoms with Crippen molar-refractivity contribution >= 4 is 28.8 Å². The Morgan fingerprint density at radius 2 is 2.00 bits per heavy atom. The quantitative estimate of drug-likeness (QED) is 0.411. The molecular formula is C18H10ClFN4O2. The van der Waals surface area contributed by atoms with Crippen molar-refractivity contribution in [3.8, 4) is 17.4 Å². The first kappa shape index (κ1) is 17.3. The highest BCUT2D eigenvalue weighted by Gasteiger charge is 2.19. The highest BCUT2D eigenvalue weighted by molar-refractivity contribution is 6.51. The number of aromatic nitrogens is 1. The topological polar surface area (TPSA) is 91.3 Å². The number of carbonyl (C=O) groups excluding carboxylic acids is 1. The maximum absolute atomic E-state index is 13.0. The zero-order valence-electron chi connectivity index (χ0n) is 13.1. The molecule has 26 heavy (non-hydrogen) atoms. The van der Waals surface area contributed by atoms with Crippen molar-refractivity contribution in [2.75, 3.05) is 5.43 Å². The minimum atomic E-state index is -0.709. The minimum Gasteiger partial charge on any atom is -0.356 e. The van der Waals surface area contributed by atoms with E-state index in [-0.39, 0.29) is 11.5 Å². The van der Waals surface area contributed by atoms with Crippen LogP contribution in [0.3, 0.4) is 0 Å². The minimum absolute atomic E-state index is 0.0856. The van der Waals surface area contributed by atoms with Crippen LogP contribution in [0, 0.1) is 17.1 Å². The monoisotopic (exact) mass is 368 g/mol. The average molecular weight is 369 g/mol. The van der Waals surface area contributed by atoms with Gasteiger partial charge in [-0.05, 0) is 42.5 Å². The summed E-state index contributed by atoms with van der Waals surface area (Å²) in [4.78, 5) is 12.4. The van der Waals surface area contributed by atoms with Crippen molar-refractivity contribution in [2.24, 2.45) is 5.10 Å². The Bertz CT molecular complexity index is 1020. The number of anilines is 1. The summed E-state index contributed by atoms with van der Waals surface area (Å²) >= 11 is 5.86. The molecular weight excluding hydrogens is 359 g/mol. The van der Waals surface area contributed by atoms with Gasteiger partial charge in [0.2, 0.25) is 11.5 Å². The van der Waals surface area contributed by atoms with E-state index in [0.717, 1.165) is 0 Å². The number of benzene rings is 2. The molecule has 0 radical (unpaired) electrons. The molecule has 0 unspecified atom stereocenters. The zero-order valence-corrected chi connectivity index (χ0v) is 13.9. The van der Waals surface area contributed by atoms with E-state index in [1.165, 1.54) is 30.3 Å². The molecule has 1 aromatic heterocycles. The van der Waals surface area contributed by atoms with Gasteiger partial charge in [0, 0.05) is 16.7 Å². The van der Waals surface area contributed by atoms with E-state index < -0.39 is 17.3 Å². The van der Waals surface area contributed by atoms with Crippen molar-refractivity contribution in [3.63, 3.8) is 0 Å². The lowest BCUT2D eigenvalue weighted by atomic mass is 10.1. The van der Waals surface area contributed by atoms with Crippen molar-refractivity contribution in [1.29, 1.82) is 5.26 Å². The van der Waals surface area contributed by atoms with Crippen molar-refractivity contribution < 1.29 is 13.7 Å². The van der Waals surface area contributed by atoms with Crippen LogP contribution in [0.25, 0.3) is 11.3 Å². The Balaban J connectivity index is 1.80. The van der Waals surface area contributed by atoms with Crippen LogP contribution in [0.1, 0.15) is 10.5 Å². The molecule has 0 saturated carbocycles. The third kappa shape index (κ3) is 3.94. The molecule has 3 aromatic rings. The van der Waals surface area contributed by atoms with E-state index in [0.29, 0.717) is 16.3 Å². The highest BCUT2D eigenvalue weighted by Crippen LogP contribution is 2.21. The first-order chi connectivity index (χ1) is 12.6. The molecule has 0 fully saturated rings. The molecule has 8 heteroatoms. The van der Waals surface area contributed by atoms with Gasteiger partial charge in [0.15, 0.2) is 11.5 Å². The molecule has 0 spiro atoms. The van der Waals surface area contributed by atoms with Crippen LogP contribution in [0.2, 0.25) is 5.02 Å². The van der Waals surface area contributed by atoms with E-state index in [1.807, 2.05) is 0 Å². The summed E-state index contributed by atoms with van der Waals surface area (Å²) in [5.74, 6) is -0.830. The second kappa shape index (κ2) is 7.59. The number of Topliss-reactive ketones (excluding diaryl/α,β-unsaturated/α-hetero) is 1. The lowest BCUT2D eigenvalue weighted by Gasteiger charge is -2.00. The molecule has 128 valence electrons. The summed E-state index contributed by atoms with van der Waals surface area (Å²) < 4.78 is 18.1. The number of halogens is 2. The van der Waals surface area contributed by atoms with Gasteiger partial charge in [0.05, 0.1) is 5.69 Å². The van der Waals surface area contributed by atoms with Gasteiger partial charge < -0.3 is 4.52 Å². The van der Waals surface area contributed by atoms with Crippen LogP contribution in [0.15, 0.2) is 64.2 Å². The van der Waals surface area contributed by atoms with Gasteiger partial charge in [-0.25, -0.2) is 4.39 Å². The second-order valence-electron chi connectivity index (χ2n) is 5.11. The number of ketones is 1. The van der Waals surface area contributed by atoms with Crippen molar-refractivity contribution in [1.82, 2.24) is 5.16 Å².